The van der Waals surface area contributed by atoms with E-state index in [4.69, 9.17) is 4.74 Å². The summed E-state index contributed by atoms with van der Waals surface area (Å²) in [5, 5.41) is 3.66. The molecule has 0 spiro atoms. The van der Waals surface area contributed by atoms with Gasteiger partial charge in [-0.05, 0) is 39.3 Å². The van der Waals surface area contributed by atoms with Crippen molar-refractivity contribution in [2.45, 2.75) is 39.8 Å². The molecule has 112 valence electrons. The second kappa shape index (κ2) is 6.77. The molecule has 2 atom stereocenters. The van der Waals surface area contributed by atoms with Crippen LogP contribution in [0.4, 0.5) is 0 Å². The maximum Gasteiger partial charge on any atom is 0.123 e. The van der Waals surface area contributed by atoms with Crippen LogP contribution in [0.15, 0.2) is 42.5 Å². The lowest BCUT2D eigenvalue weighted by atomic mass is 10.0. The Morgan fingerprint density at radius 1 is 0.905 bits per heavy atom. The fourth-order valence-corrected chi connectivity index (χ4v) is 2.85. The van der Waals surface area contributed by atoms with Gasteiger partial charge in [0.2, 0.25) is 0 Å². The first-order valence-corrected chi connectivity index (χ1v) is 7.48. The van der Waals surface area contributed by atoms with Gasteiger partial charge in [0.25, 0.3) is 0 Å². The van der Waals surface area contributed by atoms with Crippen molar-refractivity contribution in [3.8, 4) is 5.75 Å². The fraction of sp³-hybridized carbons (Fsp3) is 0.368. The molecule has 0 heterocycles. The summed E-state index contributed by atoms with van der Waals surface area (Å²) in [7, 11) is 1.72. The second-order valence-corrected chi connectivity index (χ2v) is 5.77. The Balaban J connectivity index is 2.16. The first-order chi connectivity index (χ1) is 10.0. The molecule has 1 N–H and O–H groups in total. The van der Waals surface area contributed by atoms with Gasteiger partial charge in [0.05, 0.1) is 7.11 Å². The molecular weight excluding hydrogens is 258 g/mol. The Morgan fingerprint density at radius 2 is 1.52 bits per heavy atom. The first-order valence-electron chi connectivity index (χ1n) is 7.48. The molecule has 0 bridgehead atoms. The van der Waals surface area contributed by atoms with Crippen molar-refractivity contribution >= 4 is 0 Å². The fourth-order valence-electron chi connectivity index (χ4n) is 2.85. The zero-order valence-electron chi connectivity index (χ0n) is 13.6. The van der Waals surface area contributed by atoms with E-state index in [0.717, 1.165) is 5.75 Å². The molecule has 0 fully saturated rings. The highest BCUT2D eigenvalue weighted by Gasteiger charge is 2.14. The number of hydrogen-bond donors (Lipinski definition) is 1. The molecule has 2 aromatic rings. The summed E-state index contributed by atoms with van der Waals surface area (Å²) in [6.07, 6.45) is 0. The quantitative estimate of drug-likeness (QED) is 0.857. The Hall–Kier alpha value is -1.80. The van der Waals surface area contributed by atoms with Gasteiger partial charge < -0.3 is 10.1 Å². The SMILES string of the molecule is COc1ccccc1[C@@H](C)NC(C)c1cc(C)cc(C)c1. The molecule has 1 unspecified atom stereocenters. The van der Waals surface area contributed by atoms with Gasteiger partial charge in [0.1, 0.15) is 5.75 Å². The van der Waals surface area contributed by atoms with Gasteiger partial charge in [-0.1, -0.05) is 47.5 Å². The van der Waals surface area contributed by atoms with Crippen LogP contribution in [0.3, 0.4) is 0 Å². The van der Waals surface area contributed by atoms with Crippen LogP contribution >= 0.6 is 0 Å². The van der Waals surface area contributed by atoms with Crippen LogP contribution in [0.1, 0.15) is 48.2 Å². The number of ether oxygens (including phenoxy) is 1. The average Bonchev–Trinajstić information content (AvgIpc) is 2.46. The zero-order valence-corrected chi connectivity index (χ0v) is 13.6. The second-order valence-electron chi connectivity index (χ2n) is 5.77. The van der Waals surface area contributed by atoms with E-state index in [-0.39, 0.29) is 6.04 Å². The van der Waals surface area contributed by atoms with Crippen molar-refractivity contribution in [3.05, 3.63) is 64.7 Å². The molecule has 0 aliphatic carbocycles. The van der Waals surface area contributed by atoms with E-state index in [1.165, 1.54) is 22.3 Å². The number of nitrogens with one attached hydrogen (secondary N) is 1. The van der Waals surface area contributed by atoms with E-state index in [9.17, 15) is 0 Å². The monoisotopic (exact) mass is 283 g/mol. The summed E-state index contributed by atoms with van der Waals surface area (Å²) in [6, 6.07) is 15.4. The molecule has 0 aliphatic heterocycles. The number of para-hydroxylation sites is 1. The van der Waals surface area contributed by atoms with Crippen LogP contribution in [0.2, 0.25) is 0 Å². The predicted molar refractivity (Wildman–Crippen MR) is 88.9 cm³/mol. The van der Waals surface area contributed by atoms with E-state index < -0.39 is 0 Å². The normalized spacial score (nSPS) is 13.8. The smallest absolute Gasteiger partial charge is 0.123 e. The molecule has 0 amide bonds. The molecule has 2 rings (SSSR count). The van der Waals surface area contributed by atoms with Crippen LogP contribution in [-0.4, -0.2) is 7.11 Å². The van der Waals surface area contributed by atoms with Crippen LogP contribution in [0.5, 0.6) is 5.75 Å². The Morgan fingerprint density at radius 3 is 2.14 bits per heavy atom. The third kappa shape index (κ3) is 3.85. The van der Waals surface area contributed by atoms with Crippen molar-refractivity contribution in [3.63, 3.8) is 0 Å². The highest BCUT2D eigenvalue weighted by atomic mass is 16.5. The van der Waals surface area contributed by atoms with Crippen molar-refractivity contribution in [1.82, 2.24) is 5.32 Å². The van der Waals surface area contributed by atoms with E-state index in [1.54, 1.807) is 7.11 Å². The summed E-state index contributed by atoms with van der Waals surface area (Å²) >= 11 is 0. The molecule has 0 radical (unpaired) electrons. The van der Waals surface area contributed by atoms with Gasteiger partial charge in [-0.2, -0.15) is 0 Å². The lowest BCUT2D eigenvalue weighted by Gasteiger charge is -2.23. The molecule has 0 saturated carbocycles. The summed E-state index contributed by atoms with van der Waals surface area (Å²) in [4.78, 5) is 0. The van der Waals surface area contributed by atoms with E-state index >= 15 is 0 Å². The van der Waals surface area contributed by atoms with Crippen molar-refractivity contribution < 1.29 is 4.74 Å². The van der Waals surface area contributed by atoms with E-state index in [2.05, 4.69) is 63.3 Å². The minimum atomic E-state index is 0.233. The molecular formula is C19H25NO. The Labute approximate surface area is 128 Å². The third-order valence-electron chi connectivity index (χ3n) is 3.85. The largest absolute Gasteiger partial charge is 0.496 e. The lowest BCUT2D eigenvalue weighted by Crippen LogP contribution is -2.23. The van der Waals surface area contributed by atoms with Crippen molar-refractivity contribution in [2.24, 2.45) is 0 Å². The summed E-state index contributed by atoms with van der Waals surface area (Å²) in [5.41, 5.74) is 5.14. The molecule has 0 aliphatic rings. The molecule has 2 heteroatoms. The predicted octanol–water partition coefficient (Wildman–Crippen LogP) is 4.72. The average molecular weight is 283 g/mol. The van der Waals surface area contributed by atoms with E-state index in [0.29, 0.717) is 6.04 Å². The standard InChI is InChI=1S/C19H25NO/c1-13-10-14(2)12-17(11-13)15(3)20-16(4)18-8-6-7-9-19(18)21-5/h6-12,15-16,20H,1-5H3/t15?,16-/m1/s1. The summed E-state index contributed by atoms with van der Waals surface area (Å²) < 4.78 is 5.45. The number of methoxy groups -OCH3 is 1. The van der Waals surface area contributed by atoms with Crippen LogP contribution in [0.25, 0.3) is 0 Å². The first kappa shape index (κ1) is 15.6. The topological polar surface area (TPSA) is 21.3 Å². The molecule has 0 aromatic heterocycles. The summed E-state index contributed by atoms with van der Waals surface area (Å²) in [6.45, 7) is 8.68. The van der Waals surface area contributed by atoms with Gasteiger partial charge in [0, 0.05) is 17.6 Å². The van der Waals surface area contributed by atoms with Crippen molar-refractivity contribution in [1.29, 1.82) is 0 Å². The van der Waals surface area contributed by atoms with Crippen LogP contribution in [0, 0.1) is 13.8 Å². The third-order valence-corrected chi connectivity index (χ3v) is 3.85. The Bertz CT molecular complexity index is 586. The number of rotatable bonds is 5. The van der Waals surface area contributed by atoms with E-state index in [1.807, 2.05) is 12.1 Å². The number of benzene rings is 2. The molecule has 2 aromatic carbocycles. The maximum atomic E-state index is 5.45. The van der Waals surface area contributed by atoms with Gasteiger partial charge in [-0.3, -0.25) is 0 Å². The maximum absolute atomic E-state index is 5.45. The van der Waals surface area contributed by atoms with Crippen molar-refractivity contribution in [2.75, 3.05) is 7.11 Å². The van der Waals surface area contributed by atoms with Gasteiger partial charge >= 0.3 is 0 Å². The minimum Gasteiger partial charge on any atom is -0.496 e. The number of hydrogen-bond acceptors (Lipinski definition) is 2. The van der Waals surface area contributed by atoms with Crippen LogP contribution in [-0.2, 0) is 0 Å². The number of aryl methyl sites for hydroxylation is 2. The summed E-state index contributed by atoms with van der Waals surface area (Å²) in [5.74, 6) is 0.935. The van der Waals surface area contributed by atoms with Gasteiger partial charge in [-0.15, -0.1) is 0 Å². The minimum absolute atomic E-state index is 0.233. The highest BCUT2D eigenvalue weighted by Crippen LogP contribution is 2.27. The molecule has 21 heavy (non-hydrogen) atoms. The van der Waals surface area contributed by atoms with Gasteiger partial charge in [0.15, 0.2) is 0 Å². The van der Waals surface area contributed by atoms with Gasteiger partial charge in [-0.25, -0.2) is 0 Å². The van der Waals surface area contributed by atoms with Crippen LogP contribution < -0.4 is 10.1 Å². The Kier molecular flexibility index (Phi) is 5.03. The lowest BCUT2D eigenvalue weighted by molar-refractivity contribution is 0.396. The highest BCUT2D eigenvalue weighted by molar-refractivity contribution is 5.36. The molecule has 0 saturated heterocycles. The molecule has 2 nitrogen and oxygen atoms in total. The zero-order chi connectivity index (χ0) is 15.4.